The van der Waals surface area contributed by atoms with E-state index < -0.39 is 24.0 Å². The fourth-order valence-corrected chi connectivity index (χ4v) is 4.02. The third-order valence-corrected chi connectivity index (χ3v) is 5.61. The summed E-state index contributed by atoms with van der Waals surface area (Å²) in [6, 6.07) is 6.60. The van der Waals surface area contributed by atoms with Crippen molar-refractivity contribution in [2.24, 2.45) is 5.92 Å². The lowest BCUT2D eigenvalue weighted by molar-refractivity contribution is -0.137. The van der Waals surface area contributed by atoms with Crippen molar-refractivity contribution in [2.45, 2.75) is 37.5 Å². The van der Waals surface area contributed by atoms with E-state index in [0.717, 1.165) is 12.1 Å². The number of likely N-dealkylation sites (tertiary alicyclic amines) is 2. The number of carbonyl (C=O) groups excluding carboxylic acids is 1. The van der Waals surface area contributed by atoms with Crippen LogP contribution in [0, 0.1) is 17.2 Å². The number of nitriles is 1. The highest BCUT2D eigenvalue weighted by Crippen LogP contribution is 2.33. The monoisotopic (exact) mass is 425 g/mol. The van der Waals surface area contributed by atoms with Crippen LogP contribution in [-0.2, 0) is 10.9 Å². The first-order valence-corrected chi connectivity index (χ1v) is 9.67. The lowest BCUT2D eigenvalue weighted by Gasteiger charge is -2.40. The van der Waals surface area contributed by atoms with Gasteiger partial charge in [0, 0.05) is 31.5 Å². The van der Waals surface area contributed by atoms with Gasteiger partial charge in [-0.1, -0.05) is 12.1 Å². The van der Waals surface area contributed by atoms with E-state index >= 15 is 0 Å². The Bertz CT molecular complexity index is 814. The molecule has 2 amide bonds. The number of amides is 2. The Morgan fingerprint density at radius 2 is 1.73 bits per heavy atom. The number of hydrogen-bond acceptors (Lipinski definition) is 4. The van der Waals surface area contributed by atoms with Crippen LogP contribution in [0.1, 0.15) is 36.3 Å². The number of piperidine rings is 2. The predicted octanol–water partition coefficient (Wildman–Crippen LogP) is 3.91. The van der Waals surface area contributed by atoms with Crippen molar-refractivity contribution >= 4 is 12.2 Å². The van der Waals surface area contributed by atoms with Crippen molar-refractivity contribution in [1.82, 2.24) is 9.80 Å². The summed E-state index contributed by atoms with van der Waals surface area (Å²) in [5, 5.41) is 18.0. The smallest absolute Gasteiger partial charge is 0.450 e. The van der Waals surface area contributed by atoms with Gasteiger partial charge in [0.25, 0.3) is 0 Å². The van der Waals surface area contributed by atoms with Crippen LogP contribution in [0.4, 0.5) is 22.8 Å². The van der Waals surface area contributed by atoms with Gasteiger partial charge in [-0.2, -0.15) is 18.4 Å². The summed E-state index contributed by atoms with van der Waals surface area (Å²) in [6.07, 6.45) is -5.25. The molecule has 1 aromatic rings. The van der Waals surface area contributed by atoms with E-state index in [1.165, 1.54) is 17.0 Å². The third-order valence-electron chi connectivity index (χ3n) is 5.61. The molecule has 0 aliphatic carbocycles. The average molecular weight is 425 g/mol. The zero-order valence-electron chi connectivity index (χ0n) is 16.1. The van der Waals surface area contributed by atoms with Gasteiger partial charge < -0.3 is 19.6 Å². The molecule has 7 nitrogen and oxygen atoms in total. The molecule has 0 radical (unpaired) electrons. The number of carbonyl (C=O) groups is 2. The van der Waals surface area contributed by atoms with Crippen LogP contribution in [-0.4, -0.2) is 59.4 Å². The SMILES string of the molecule is N#CC1CCN(C(=O)N2CC(OC(=O)O)CC(c3ccc(C(F)(F)F)cc3)C2)CC1. The summed E-state index contributed by atoms with van der Waals surface area (Å²) in [5.74, 6) is -0.440. The van der Waals surface area contributed by atoms with Crippen LogP contribution in [0.15, 0.2) is 24.3 Å². The molecule has 30 heavy (non-hydrogen) atoms. The van der Waals surface area contributed by atoms with Crippen molar-refractivity contribution in [1.29, 1.82) is 5.26 Å². The summed E-state index contributed by atoms with van der Waals surface area (Å²) in [7, 11) is 0. The number of alkyl halides is 3. The first-order chi connectivity index (χ1) is 14.2. The first-order valence-electron chi connectivity index (χ1n) is 9.67. The maximum Gasteiger partial charge on any atom is 0.506 e. The average Bonchev–Trinajstić information content (AvgIpc) is 2.72. The van der Waals surface area contributed by atoms with E-state index in [4.69, 9.17) is 15.1 Å². The molecule has 2 aliphatic rings. The molecule has 0 saturated carbocycles. The van der Waals surface area contributed by atoms with E-state index in [9.17, 15) is 22.8 Å². The van der Waals surface area contributed by atoms with E-state index in [1.807, 2.05) is 0 Å². The van der Waals surface area contributed by atoms with Crippen LogP contribution in [0.2, 0.25) is 0 Å². The molecule has 2 heterocycles. The topological polar surface area (TPSA) is 93.9 Å². The van der Waals surface area contributed by atoms with Crippen LogP contribution >= 0.6 is 0 Å². The number of urea groups is 1. The van der Waals surface area contributed by atoms with Gasteiger partial charge in [0.05, 0.1) is 18.2 Å². The standard InChI is InChI=1S/C20H22F3N3O4/c21-20(22,23)16-3-1-14(2-4-16)15-9-17(30-19(28)29)12-26(11-15)18(27)25-7-5-13(10-24)6-8-25/h1-4,13,15,17H,5-9,11-12H2,(H,28,29). The second-order valence-electron chi connectivity index (χ2n) is 7.64. The Morgan fingerprint density at radius 3 is 2.27 bits per heavy atom. The molecule has 2 fully saturated rings. The van der Waals surface area contributed by atoms with Gasteiger partial charge in [0.1, 0.15) is 6.10 Å². The molecule has 10 heteroatoms. The molecule has 2 atom stereocenters. The van der Waals surface area contributed by atoms with Gasteiger partial charge >= 0.3 is 18.4 Å². The maximum atomic E-state index is 13.0. The Labute approximate surface area is 171 Å². The summed E-state index contributed by atoms with van der Waals surface area (Å²) in [6.45, 7) is 1.20. The molecule has 2 unspecified atom stereocenters. The predicted molar refractivity (Wildman–Crippen MR) is 98.6 cm³/mol. The molecule has 2 aliphatic heterocycles. The van der Waals surface area contributed by atoms with Gasteiger partial charge in [-0.25, -0.2) is 9.59 Å². The van der Waals surface area contributed by atoms with Gasteiger partial charge in [-0.05, 0) is 37.0 Å². The minimum absolute atomic E-state index is 0.0838. The summed E-state index contributed by atoms with van der Waals surface area (Å²) in [5.41, 5.74) is -0.184. The van der Waals surface area contributed by atoms with Gasteiger partial charge in [0.2, 0.25) is 0 Å². The maximum absolute atomic E-state index is 13.0. The zero-order valence-corrected chi connectivity index (χ0v) is 16.1. The molecular formula is C20H22F3N3O4. The lowest BCUT2D eigenvalue weighted by Crippen LogP contribution is -2.53. The number of ether oxygens (including phenoxy) is 1. The highest BCUT2D eigenvalue weighted by Gasteiger charge is 2.36. The lowest BCUT2D eigenvalue weighted by atomic mass is 9.88. The number of carboxylic acid groups (broad SMARTS) is 1. The summed E-state index contributed by atoms with van der Waals surface area (Å²) >= 11 is 0. The minimum atomic E-state index is -4.45. The fourth-order valence-electron chi connectivity index (χ4n) is 4.02. The highest BCUT2D eigenvalue weighted by atomic mass is 19.4. The van der Waals surface area contributed by atoms with E-state index in [2.05, 4.69) is 6.07 Å². The van der Waals surface area contributed by atoms with Gasteiger partial charge in [-0.3, -0.25) is 0 Å². The van der Waals surface area contributed by atoms with Crippen LogP contribution < -0.4 is 0 Å². The first kappa shape index (κ1) is 21.7. The Morgan fingerprint density at radius 1 is 1.10 bits per heavy atom. The number of nitrogens with zero attached hydrogens (tertiary/aromatic N) is 3. The van der Waals surface area contributed by atoms with Crippen molar-refractivity contribution in [3.63, 3.8) is 0 Å². The molecular weight excluding hydrogens is 403 g/mol. The molecule has 3 rings (SSSR count). The van der Waals surface area contributed by atoms with E-state index in [-0.39, 0.29) is 37.4 Å². The Balaban J connectivity index is 1.75. The zero-order chi connectivity index (χ0) is 21.9. The molecule has 1 aromatic carbocycles. The van der Waals surface area contributed by atoms with Crippen molar-refractivity contribution < 1.29 is 32.6 Å². The number of halogens is 3. The Kier molecular flexibility index (Phi) is 6.39. The Hall–Kier alpha value is -2.96. The largest absolute Gasteiger partial charge is 0.506 e. The van der Waals surface area contributed by atoms with Crippen LogP contribution in [0.5, 0.6) is 0 Å². The second kappa shape index (κ2) is 8.81. The van der Waals surface area contributed by atoms with E-state index in [0.29, 0.717) is 31.5 Å². The molecule has 0 bridgehead atoms. The van der Waals surface area contributed by atoms with Crippen LogP contribution in [0.25, 0.3) is 0 Å². The number of benzene rings is 1. The molecule has 1 N–H and O–H groups in total. The fraction of sp³-hybridized carbons (Fsp3) is 0.550. The van der Waals surface area contributed by atoms with Crippen molar-refractivity contribution in [2.75, 3.05) is 26.2 Å². The number of rotatable bonds is 2. The second-order valence-corrected chi connectivity index (χ2v) is 7.64. The van der Waals surface area contributed by atoms with Crippen LogP contribution in [0.3, 0.4) is 0 Å². The summed E-state index contributed by atoms with van der Waals surface area (Å²) < 4.78 is 43.4. The highest BCUT2D eigenvalue weighted by molar-refractivity contribution is 5.75. The third kappa shape index (κ3) is 5.14. The number of hydrogen-bond donors (Lipinski definition) is 1. The van der Waals surface area contributed by atoms with Gasteiger partial charge in [-0.15, -0.1) is 0 Å². The van der Waals surface area contributed by atoms with Crippen molar-refractivity contribution in [3.8, 4) is 6.07 Å². The normalized spacial score (nSPS) is 23.0. The van der Waals surface area contributed by atoms with Crippen molar-refractivity contribution in [3.05, 3.63) is 35.4 Å². The minimum Gasteiger partial charge on any atom is -0.450 e. The molecule has 0 aromatic heterocycles. The summed E-state index contributed by atoms with van der Waals surface area (Å²) in [4.78, 5) is 27.1. The van der Waals surface area contributed by atoms with Gasteiger partial charge in [0.15, 0.2) is 0 Å². The molecule has 0 spiro atoms. The molecule has 2 saturated heterocycles. The van der Waals surface area contributed by atoms with E-state index in [1.54, 1.807) is 4.90 Å². The molecule has 162 valence electrons. The quantitative estimate of drug-likeness (QED) is 0.725.